The van der Waals surface area contributed by atoms with E-state index in [0.29, 0.717) is 40.5 Å². The highest BCUT2D eigenvalue weighted by atomic mass is 35.5. The van der Waals surface area contributed by atoms with Gasteiger partial charge in [0.1, 0.15) is 12.4 Å². The molecule has 3 aliphatic rings. The van der Waals surface area contributed by atoms with Gasteiger partial charge in [0.25, 0.3) is 0 Å². The highest BCUT2D eigenvalue weighted by Crippen LogP contribution is 2.55. The maximum absolute atomic E-state index is 13.7. The first-order chi connectivity index (χ1) is 18.3. The lowest BCUT2D eigenvalue weighted by Crippen LogP contribution is -2.43. The molecule has 39 heavy (non-hydrogen) atoms. The Balaban J connectivity index is 1.62. The van der Waals surface area contributed by atoms with Crippen molar-refractivity contribution in [2.24, 2.45) is 10.8 Å². The minimum Gasteiger partial charge on any atom is -0.493 e. The minimum absolute atomic E-state index is 0.0639. The molecule has 2 aromatic rings. The van der Waals surface area contributed by atoms with Crippen molar-refractivity contribution < 1.29 is 23.5 Å². The van der Waals surface area contributed by atoms with Gasteiger partial charge in [0, 0.05) is 48.3 Å². The predicted octanol–water partition coefficient (Wildman–Crippen LogP) is 7.38. The fourth-order valence-electron chi connectivity index (χ4n) is 6.28. The van der Waals surface area contributed by atoms with Gasteiger partial charge in [0.2, 0.25) is 0 Å². The topological polar surface area (TPSA) is 55.8 Å². The molecule has 0 amide bonds. The Bertz CT molecular complexity index is 1370. The number of methoxy groups -OCH3 is 1. The van der Waals surface area contributed by atoms with E-state index < -0.39 is 5.92 Å². The number of ether oxygens (including phenoxy) is 2. The van der Waals surface area contributed by atoms with E-state index in [1.807, 2.05) is 13.1 Å². The Morgan fingerprint density at radius 1 is 0.923 bits per heavy atom. The molecule has 206 valence electrons. The second kappa shape index (κ2) is 9.81. The molecular weight excluding hydrogens is 517 g/mol. The summed E-state index contributed by atoms with van der Waals surface area (Å²) in [7, 11) is 3.52. The van der Waals surface area contributed by atoms with Gasteiger partial charge in [-0.1, -0.05) is 51.4 Å². The van der Waals surface area contributed by atoms with Gasteiger partial charge in [-0.3, -0.25) is 9.59 Å². The van der Waals surface area contributed by atoms with Crippen molar-refractivity contribution in [3.63, 3.8) is 0 Å². The second-order valence-electron chi connectivity index (χ2n) is 12.5. The average Bonchev–Trinajstić information content (AvgIpc) is 2.84. The first kappa shape index (κ1) is 27.4. The van der Waals surface area contributed by atoms with Gasteiger partial charge in [-0.2, -0.15) is 0 Å². The van der Waals surface area contributed by atoms with E-state index in [1.165, 1.54) is 19.2 Å². The summed E-state index contributed by atoms with van der Waals surface area (Å²) in [4.78, 5) is 29.6. The van der Waals surface area contributed by atoms with Crippen molar-refractivity contribution in [2.45, 2.75) is 65.9 Å². The SMILES string of the molecule is COc1cc(C2C3=C(CC(C)(C)CC3=O)N(C)C3=C2C(=O)CC(C)(C)C3)cc(Cl)c1OCc1ccc(F)cc1. The Kier molecular flexibility index (Phi) is 6.91. The molecule has 7 heteroatoms. The molecule has 1 heterocycles. The molecule has 0 bridgehead atoms. The van der Waals surface area contributed by atoms with Crippen LogP contribution >= 0.6 is 11.6 Å². The van der Waals surface area contributed by atoms with Crippen molar-refractivity contribution in [3.8, 4) is 11.5 Å². The zero-order chi connectivity index (χ0) is 28.3. The number of ketones is 2. The summed E-state index contributed by atoms with van der Waals surface area (Å²) in [6.07, 6.45) is 2.33. The molecule has 2 aromatic carbocycles. The van der Waals surface area contributed by atoms with Crippen LogP contribution in [0.3, 0.4) is 0 Å². The normalized spacial score (nSPS) is 20.7. The lowest BCUT2D eigenvalue weighted by Gasteiger charge is -2.48. The number of hydrogen-bond acceptors (Lipinski definition) is 5. The van der Waals surface area contributed by atoms with Crippen molar-refractivity contribution in [2.75, 3.05) is 14.2 Å². The van der Waals surface area contributed by atoms with Crippen LogP contribution in [0.5, 0.6) is 11.5 Å². The van der Waals surface area contributed by atoms with Crippen LogP contribution in [0, 0.1) is 16.6 Å². The molecule has 5 rings (SSSR count). The summed E-state index contributed by atoms with van der Waals surface area (Å²) in [5, 5.41) is 0.321. The number of nitrogens with zero attached hydrogens (tertiary/aromatic N) is 1. The second-order valence-corrected chi connectivity index (χ2v) is 13.0. The molecule has 2 aliphatic carbocycles. The standard InChI is InChI=1S/C32H35ClFNO4/c1-31(2)13-22-28(24(36)15-31)27(29-23(35(22)5)14-32(3,4)16-25(29)37)19-11-21(33)30(26(12-19)38-6)39-17-18-7-9-20(34)10-8-18/h7-12,27H,13-17H2,1-6H3. The highest BCUT2D eigenvalue weighted by Gasteiger charge is 2.48. The van der Waals surface area contributed by atoms with E-state index >= 15 is 0 Å². The van der Waals surface area contributed by atoms with Crippen LogP contribution in [0.15, 0.2) is 58.9 Å². The summed E-state index contributed by atoms with van der Waals surface area (Å²) >= 11 is 6.79. The smallest absolute Gasteiger partial charge is 0.180 e. The largest absolute Gasteiger partial charge is 0.493 e. The van der Waals surface area contributed by atoms with Gasteiger partial charge in [0.05, 0.1) is 12.1 Å². The van der Waals surface area contributed by atoms with E-state index in [4.69, 9.17) is 21.1 Å². The zero-order valence-electron chi connectivity index (χ0n) is 23.4. The van der Waals surface area contributed by atoms with Crippen molar-refractivity contribution in [3.05, 3.63) is 80.9 Å². The molecule has 0 spiro atoms. The van der Waals surface area contributed by atoms with Gasteiger partial charge < -0.3 is 14.4 Å². The third-order valence-corrected chi connectivity index (χ3v) is 8.34. The number of Topliss-reactive ketones (excluding diaryl/α,β-unsaturated/α-hetero) is 2. The van der Waals surface area contributed by atoms with Crippen molar-refractivity contribution in [1.29, 1.82) is 0 Å². The Hall–Kier alpha value is -3.12. The number of carbonyl (C=O) groups is 2. The summed E-state index contributed by atoms with van der Waals surface area (Å²) in [6, 6.07) is 9.67. The number of allylic oxidation sites excluding steroid dienone is 4. The molecule has 0 fully saturated rings. The third kappa shape index (κ3) is 5.11. The summed E-state index contributed by atoms with van der Waals surface area (Å²) in [5.41, 5.74) is 4.50. The zero-order valence-corrected chi connectivity index (χ0v) is 24.2. The Labute approximate surface area is 234 Å². The predicted molar refractivity (Wildman–Crippen MR) is 149 cm³/mol. The monoisotopic (exact) mass is 551 g/mol. The molecule has 0 saturated heterocycles. The molecule has 0 radical (unpaired) electrons. The first-order valence-electron chi connectivity index (χ1n) is 13.3. The van der Waals surface area contributed by atoms with Crippen LogP contribution < -0.4 is 9.47 Å². The maximum Gasteiger partial charge on any atom is 0.180 e. The van der Waals surface area contributed by atoms with Gasteiger partial charge in [0.15, 0.2) is 23.1 Å². The quantitative estimate of drug-likeness (QED) is 0.388. The van der Waals surface area contributed by atoms with Crippen molar-refractivity contribution in [1.82, 2.24) is 4.90 Å². The van der Waals surface area contributed by atoms with Crippen LogP contribution in [-0.4, -0.2) is 30.6 Å². The van der Waals surface area contributed by atoms with Crippen molar-refractivity contribution >= 4 is 23.2 Å². The van der Waals surface area contributed by atoms with Crippen LogP contribution in [-0.2, 0) is 16.2 Å². The molecule has 5 nitrogen and oxygen atoms in total. The molecule has 0 saturated carbocycles. The van der Waals surface area contributed by atoms with Gasteiger partial charge in [-0.25, -0.2) is 4.39 Å². The number of hydrogen-bond donors (Lipinski definition) is 0. The third-order valence-electron chi connectivity index (χ3n) is 8.06. The molecule has 0 atom stereocenters. The van der Waals surface area contributed by atoms with Gasteiger partial charge >= 0.3 is 0 Å². The van der Waals surface area contributed by atoms with Gasteiger partial charge in [-0.15, -0.1) is 0 Å². The fraction of sp³-hybridized carbons (Fsp3) is 0.438. The molecule has 0 unspecified atom stereocenters. The summed E-state index contributed by atoms with van der Waals surface area (Å²) < 4.78 is 25.0. The lowest BCUT2D eigenvalue weighted by molar-refractivity contribution is -0.119. The Morgan fingerprint density at radius 3 is 1.97 bits per heavy atom. The van der Waals surface area contributed by atoms with Crippen LogP contribution in [0.2, 0.25) is 5.02 Å². The van der Waals surface area contributed by atoms with E-state index in [-0.39, 0.29) is 34.8 Å². The average molecular weight is 552 g/mol. The number of benzene rings is 2. The number of halogens is 2. The molecule has 0 aromatic heterocycles. The minimum atomic E-state index is -0.518. The van der Waals surface area contributed by atoms with Crippen LogP contribution in [0.1, 0.15) is 70.4 Å². The summed E-state index contributed by atoms with van der Waals surface area (Å²) in [6.45, 7) is 8.64. The number of rotatable bonds is 5. The van der Waals surface area contributed by atoms with Crippen LogP contribution in [0.25, 0.3) is 0 Å². The highest BCUT2D eigenvalue weighted by molar-refractivity contribution is 6.32. The van der Waals surface area contributed by atoms with Gasteiger partial charge in [-0.05, 0) is 59.1 Å². The Morgan fingerprint density at radius 2 is 1.46 bits per heavy atom. The maximum atomic E-state index is 13.7. The van der Waals surface area contributed by atoms with E-state index in [0.717, 1.165) is 35.4 Å². The first-order valence-corrected chi connectivity index (χ1v) is 13.7. The summed E-state index contributed by atoms with van der Waals surface area (Å²) in [5.74, 6) is 0.0604. The lowest BCUT2D eigenvalue weighted by atomic mass is 9.63. The van der Waals surface area contributed by atoms with E-state index in [9.17, 15) is 14.0 Å². The van der Waals surface area contributed by atoms with E-state index in [2.05, 4.69) is 32.6 Å². The van der Waals surface area contributed by atoms with E-state index in [1.54, 1.807) is 18.2 Å². The molecular formula is C32H35ClFNO4. The molecule has 0 N–H and O–H groups in total. The van der Waals surface area contributed by atoms with Crippen LogP contribution in [0.4, 0.5) is 4.39 Å². The fourth-order valence-corrected chi connectivity index (χ4v) is 6.55. The number of carbonyl (C=O) groups excluding carboxylic acids is 2. The molecule has 1 aliphatic heterocycles.